The molecule has 0 bridgehead atoms. The Labute approximate surface area is 97.3 Å². The Morgan fingerprint density at radius 1 is 1.38 bits per heavy atom. The van der Waals surface area contributed by atoms with Crippen molar-refractivity contribution in [1.82, 2.24) is 4.98 Å². The van der Waals surface area contributed by atoms with E-state index in [1.807, 2.05) is 0 Å². The molecule has 1 saturated heterocycles. The first-order valence-corrected chi connectivity index (χ1v) is 6.39. The number of aromatic carboxylic acids is 1. The Morgan fingerprint density at radius 2 is 2.19 bits per heavy atom. The average molecular weight is 239 g/mol. The van der Waals surface area contributed by atoms with E-state index >= 15 is 0 Å². The van der Waals surface area contributed by atoms with E-state index in [0.29, 0.717) is 23.3 Å². The quantitative estimate of drug-likeness (QED) is 0.878. The van der Waals surface area contributed by atoms with Gasteiger partial charge in [-0.05, 0) is 19.3 Å². The number of carbonyl (C=O) groups is 1. The number of rotatable bonds is 3. The molecule has 0 amide bonds. The number of hydrogen-bond acceptors (Lipinski definition) is 4. The van der Waals surface area contributed by atoms with Gasteiger partial charge in [-0.25, -0.2) is 9.78 Å². The minimum absolute atomic E-state index is 0.315. The molecule has 0 radical (unpaired) electrons. The fraction of sp³-hybridized carbons (Fsp3) is 0.636. The predicted molar refractivity (Wildman–Crippen MR) is 59.2 cm³/mol. The number of aromatic nitrogens is 1. The molecule has 0 aromatic carbocycles. The van der Waals surface area contributed by atoms with Crippen LogP contribution in [0.4, 0.5) is 0 Å². The zero-order valence-corrected chi connectivity index (χ0v) is 9.63. The van der Waals surface area contributed by atoms with Gasteiger partial charge in [0.15, 0.2) is 0 Å². The molecule has 1 aromatic rings. The SMILES string of the molecule is O=C(O)c1sc(C2CCOC2)nc1C1CC1. The molecule has 86 valence electrons. The highest BCUT2D eigenvalue weighted by Gasteiger charge is 2.33. The number of hydrogen-bond donors (Lipinski definition) is 1. The third-order valence-corrected chi connectivity index (χ3v) is 4.33. The van der Waals surface area contributed by atoms with E-state index in [2.05, 4.69) is 4.98 Å². The van der Waals surface area contributed by atoms with Gasteiger partial charge in [0.1, 0.15) is 4.88 Å². The molecule has 3 rings (SSSR count). The number of thiazole rings is 1. The molecule has 2 aliphatic rings. The summed E-state index contributed by atoms with van der Waals surface area (Å²) >= 11 is 1.34. The van der Waals surface area contributed by atoms with E-state index in [4.69, 9.17) is 9.84 Å². The van der Waals surface area contributed by atoms with Gasteiger partial charge in [0.25, 0.3) is 0 Å². The molecular formula is C11H13NO3S. The van der Waals surface area contributed by atoms with Gasteiger partial charge in [0.05, 0.1) is 17.3 Å². The van der Waals surface area contributed by atoms with E-state index in [9.17, 15) is 4.79 Å². The van der Waals surface area contributed by atoms with Crippen LogP contribution in [0.1, 0.15) is 51.5 Å². The van der Waals surface area contributed by atoms with E-state index in [-0.39, 0.29) is 0 Å². The monoisotopic (exact) mass is 239 g/mol. The maximum absolute atomic E-state index is 11.1. The van der Waals surface area contributed by atoms with Crippen molar-refractivity contribution in [3.63, 3.8) is 0 Å². The van der Waals surface area contributed by atoms with Crippen molar-refractivity contribution in [2.45, 2.75) is 31.1 Å². The topological polar surface area (TPSA) is 59.4 Å². The Bertz CT molecular complexity index is 419. The van der Waals surface area contributed by atoms with Crippen LogP contribution >= 0.6 is 11.3 Å². The molecule has 2 heterocycles. The summed E-state index contributed by atoms with van der Waals surface area (Å²) in [7, 11) is 0. The van der Waals surface area contributed by atoms with Crippen LogP contribution < -0.4 is 0 Å². The van der Waals surface area contributed by atoms with Crippen molar-refractivity contribution >= 4 is 17.3 Å². The molecule has 1 aromatic heterocycles. The normalized spacial score (nSPS) is 24.9. The summed E-state index contributed by atoms with van der Waals surface area (Å²) < 4.78 is 5.32. The van der Waals surface area contributed by atoms with Crippen molar-refractivity contribution < 1.29 is 14.6 Å². The fourth-order valence-corrected chi connectivity index (χ4v) is 3.15. The molecule has 2 fully saturated rings. The summed E-state index contributed by atoms with van der Waals surface area (Å²) in [5.74, 6) is -0.112. The fourth-order valence-electron chi connectivity index (χ4n) is 2.04. The van der Waals surface area contributed by atoms with Crippen LogP contribution in [-0.2, 0) is 4.74 Å². The Morgan fingerprint density at radius 3 is 2.75 bits per heavy atom. The predicted octanol–water partition coefficient (Wildman–Crippen LogP) is 2.22. The molecule has 5 heteroatoms. The smallest absolute Gasteiger partial charge is 0.347 e. The summed E-state index contributed by atoms with van der Waals surface area (Å²) in [6.07, 6.45) is 3.14. The van der Waals surface area contributed by atoms with Crippen molar-refractivity contribution in [1.29, 1.82) is 0 Å². The van der Waals surface area contributed by atoms with Crippen molar-refractivity contribution in [2.75, 3.05) is 13.2 Å². The van der Waals surface area contributed by atoms with Gasteiger partial charge < -0.3 is 9.84 Å². The summed E-state index contributed by atoms with van der Waals surface area (Å²) in [6.45, 7) is 1.46. The first kappa shape index (κ1) is 10.2. The summed E-state index contributed by atoms with van der Waals surface area (Å²) in [4.78, 5) is 16.1. The van der Waals surface area contributed by atoms with Crippen molar-refractivity contribution in [2.24, 2.45) is 0 Å². The van der Waals surface area contributed by atoms with Gasteiger partial charge in [0, 0.05) is 18.4 Å². The molecule has 1 aliphatic carbocycles. The zero-order chi connectivity index (χ0) is 11.1. The minimum Gasteiger partial charge on any atom is -0.477 e. The molecule has 16 heavy (non-hydrogen) atoms. The summed E-state index contributed by atoms with van der Waals surface area (Å²) in [5, 5.41) is 10.1. The Kier molecular flexibility index (Phi) is 2.44. The second kappa shape index (κ2) is 3.82. The van der Waals surface area contributed by atoms with Crippen LogP contribution in [0.5, 0.6) is 0 Å². The molecule has 1 aliphatic heterocycles. The van der Waals surface area contributed by atoms with Gasteiger partial charge in [-0.15, -0.1) is 11.3 Å². The minimum atomic E-state index is -0.829. The average Bonchev–Trinajstić information content (AvgIpc) is 2.83. The van der Waals surface area contributed by atoms with Gasteiger partial charge >= 0.3 is 5.97 Å². The van der Waals surface area contributed by atoms with E-state index in [1.165, 1.54) is 11.3 Å². The highest BCUT2D eigenvalue weighted by molar-refractivity contribution is 7.13. The van der Waals surface area contributed by atoms with Crippen LogP contribution in [-0.4, -0.2) is 29.3 Å². The second-order valence-corrected chi connectivity index (χ2v) is 5.44. The lowest BCUT2D eigenvalue weighted by molar-refractivity contribution is 0.0700. The highest BCUT2D eigenvalue weighted by Crippen LogP contribution is 2.44. The molecule has 1 N–H and O–H groups in total. The Hall–Kier alpha value is -0.940. The number of carboxylic acids is 1. The van der Waals surface area contributed by atoms with Gasteiger partial charge in [-0.1, -0.05) is 0 Å². The van der Waals surface area contributed by atoms with Crippen molar-refractivity contribution in [3.05, 3.63) is 15.6 Å². The van der Waals surface area contributed by atoms with Gasteiger partial charge in [-0.3, -0.25) is 0 Å². The first-order chi connectivity index (χ1) is 7.75. The summed E-state index contributed by atoms with van der Waals surface area (Å²) in [6, 6.07) is 0. The van der Waals surface area contributed by atoms with Crippen molar-refractivity contribution in [3.8, 4) is 0 Å². The third kappa shape index (κ3) is 1.74. The van der Waals surface area contributed by atoms with Crippen LogP contribution in [0.15, 0.2) is 0 Å². The lowest BCUT2D eigenvalue weighted by Gasteiger charge is -2.00. The van der Waals surface area contributed by atoms with Gasteiger partial charge in [0.2, 0.25) is 0 Å². The molecule has 0 spiro atoms. The zero-order valence-electron chi connectivity index (χ0n) is 8.81. The van der Waals surface area contributed by atoms with E-state index in [1.54, 1.807) is 0 Å². The highest BCUT2D eigenvalue weighted by atomic mass is 32.1. The van der Waals surface area contributed by atoms with Crippen LogP contribution in [0, 0.1) is 0 Å². The maximum Gasteiger partial charge on any atom is 0.347 e. The maximum atomic E-state index is 11.1. The van der Waals surface area contributed by atoms with Gasteiger partial charge in [-0.2, -0.15) is 0 Å². The second-order valence-electron chi connectivity index (χ2n) is 4.41. The molecule has 1 atom stereocenters. The number of carboxylic acid groups (broad SMARTS) is 1. The Balaban J connectivity index is 1.94. The molecule has 1 saturated carbocycles. The molecule has 1 unspecified atom stereocenters. The standard InChI is InChI=1S/C11H13NO3S/c13-11(14)9-8(6-1-2-6)12-10(16-9)7-3-4-15-5-7/h6-7H,1-5H2,(H,13,14). The number of ether oxygens (including phenoxy) is 1. The number of nitrogens with zero attached hydrogens (tertiary/aromatic N) is 1. The van der Waals surface area contributed by atoms with Crippen LogP contribution in [0.3, 0.4) is 0 Å². The summed E-state index contributed by atoms with van der Waals surface area (Å²) in [5.41, 5.74) is 0.819. The first-order valence-electron chi connectivity index (χ1n) is 5.57. The van der Waals surface area contributed by atoms with Crippen LogP contribution in [0.25, 0.3) is 0 Å². The van der Waals surface area contributed by atoms with E-state index in [0.717, 1.165) is 36.6 Å². The van der Waals surface area contributed by atoms with E-state index < -0.39 is 5.97 Å². The lowest BCUT2D eigenvalue weighted by Crippen LogP contribution is -1.98. The largest absolute Gasteiger partial charge is 0.477 e. The molecule has 4 nitrogen and oxygen atoms in total. The molecular weight excluding hydrogens is 226 g/mol. The third-order valence-electron chi connectivity index (χ3n) is 3.11. The lowest BCUT2D eigenvalue weighted by atomic mass is 10.1. The van der Waals surface area contributed by atoms with Crippen LogP contribution in [0.2, 0.25) is 0 Å².